The van der Waals surface area contributed by atoms with Gasteiger partial charge in [0.25, 0.3) is 0 Å². The summed E-state index contributed by atoms with van der Waals surface area (Å²) < 4.78 is 0. The molecule has 1 heteroatoms. The lowest BCUT2D eigenvalue weighted by Gasteiger charge is -1.96. The zero-order chi connectivity index (χ0) is 10.1. The molecule has 0 saturated carbocycles. The Balaban J connectivity index is 3.75. The van der Waals surface area contributed by atoms with Crippen molar-refractivity contribution in [3.8, 4) is 0 Å². The van der Waals surface area contributed by atoms with E-state index in [2.05, 4.69) is 39.0 Å². The van der Waals surface area contributed by atoms with Crippen LogP contribution >= 0.6 is 11.6 Å². The summed E-state index contributed by atoms with van der Waals surface area (Å²) >= 11 is 5.61. The molecule has 0 aromatic carbocycles. The van der Waals surface area contributed by atoms with E-state index in [-0.39, 0.29) is 0 Å². The SMILES string of the molecule is CC=C(C)CC/C=C\C(=C\Cl)CC. The molecule has 0 saturated heterocycles. The normalized spacial score (nSPS) is 14.2. The molecule has 0 amide bonds. The average molecular weight is 199 g/mol. The van der Waals surface area contributed by atoms with E-state index in [9.17, 15) is 0 Å². The second-order valence-corrected chi connectivity index (χ2v) is 3.33. The van der Waals surface area contributed by atoms with Crippen LogP contribution in [0, 0.1) is 0 Å². The molecule has 0 nitrogen and oxygen atoms in total. The number of allylic oxidation sites excluding steroid dienone is 5. The van der Waals surface area contributed by atoms with Crippen molar-refractivity contribution in [2.45, 2.75) is 40.0 Å². The van der Waals surface area contributed by atoms with Crippen molar-refractivity contribution in [3.63, 3.8) is 0 Å². The van der Waals surface area contributed by atoms with Gasteiger partial charge in [-0.05, 0) is 38.7 Å². The van der Waals surface area contributed by atoms with Crippen molar-refractivity contribution < 1.29 is 0 Å². The molecule has 0 aromatic heterocycles. The summed E-state index contributed by atoms with van der Waals surface area (Å²) in [6.45, 7) is 6.34. The van der Waals surface area contributed by atoms with Crippen LogP contribution in [0.15, 0.2) is 34.9 Å². The first kappa shape index (κ1) is 12.5. The molecule has 0 aliphatic carbocycles. The molecule has 0 unspecified atom stereocenters. The van der Waals surface area contributed by atoms with Gasteiger partial charge in [0.05, 0.1) is 0 Å². The van der Waals surface area contributed by atoms with Crippen LogP contribution in [0.25, 0.3) is 0 Å². The lowest BCUT2D eigenvalue weighted by molar-refractivity contribution is 0.971. The van der Waals surface area contributed by atoms with Crippen molar-refractivity contribution in [2.24, 2.45) is 0 Å². The van der Waals surface area contributed by atoms with Gasteiger partial charge in [-0.2, -0.15) is 0 Å². The van der Waals surface area contributed by atoms with Gasteiger partial charge >= 0.3 is 0 Å². The highest BCUT2D eigenvalue weighted by Gasteiger charge is 1.87. The smallest absolute Gasteiger partial charge is 0.00743 e. The van der Waals surface area contributed by atoms with Crippen LogP contribution in [0.2, 0.25) is 0 Å². The second-order valence-electron chi connectivity index (χ2n) is 3.11. The molecule has 0 rings (SSSR count). The third-order valence-corrected chi connectivity index (χ3v) is 2.36. The molecule has 13 heavy (non-hydrogen) atoms. The van der Waals surface area contributed by atoms with Crippen molar-refractivity contribution >= 4 is 11.6 Å². The largest absolute Gasteiger partial charge is 0.0927 e. The summed E-state index contributed by atoms with van der Waals surface area (Å²) in [5.41, 5.74) is 4.29. The van der Waals surface area contributed by atoms with E-state index < -0.39 is 0 Å². The standard InChI is InChI=1S/C12H19Cl/c1-4-11(3)8-6-7-9-12(5-2)10-13/h4,7,9-10H,5-6,8H2,1-3H3/b9-7-,11-4?,12-10+. The summed E-state index contributed by atoms with van der Waals surface area (Å²) in [5, 5.41) is 0. The Morgan fingerprint density at radius 2 is 2.08 bits per heavy atom. The van der Waals surface area contributed by atoms with Crippen molar-refractivity contribution in [3.05, 3.63) is 34.9 Å². The van der Waals surface area contributed by atoms with E-state index >= 15 is 0 Å². The Bertz CT molecular complexity index is 209. The van der Waals surface area contributed by atoms with Gasteiger partial charge in [0.2, 0.25) is 0 Å². The fourth-order valence-electron chi connectivity index (χ4n) is 0.921. The monoisotopic (exact) mass is 198 g/mol. The van der Waals surface area contributed by atoms with E-state index in [0.717, 1.165) is 19.3 Å². The molecule has 0 bridgehead atoms. The zero-order valence-electron chi connectivity index (χ0n) is 8.81. The first-order chi connectivity index (χ1) is 6.24. The fraction of sp³-hybridized carbons (Fsp3) is 0.500. The molecule has 0 atom stereocenters. The summed E-state index contributed by atoms with van der Waals surface area (Å²) in [6, 6.07) is 0. The molecule has 0 aromatic rings. The van der Waals surface area contributed by atoms with Crippen LogP contribution in [0.1, 0.15) is 40.0 Å². The number of hydrogen-bond acceptors (Lipinski definition) is 0. The predicted octanol–water partition coefficient (Wildman–Crippen LogP) is 4.82. The van der Waals surface area contributed by atoms with E-state index in [1.165, 1.54) is 11.1 Å². The second kappa shape index (κ2) is 8.12. The van der Waals surface area contributed by atoms with E-state index in [4.69, 9.17) is 11.6 Å². The van der Waals surface area contributed by atoms with Gasteiger partial charge in [-0.25, -0.2) is 0 Å². The van der Waals surface area contributed by atoms with Gasteiger partial charge in [-0.3, -0.25) is 0 Å². The van der Waals surface area contributed by atoms with Gasteiger partial charge in [0.1, 0.15) is 0 Å². The third kappa shape index (κ3) is 6.65. The van der Waals surface area contributed by atoms with E-state index in [1.807, 2.05) is 0 Å². The Hall–Kier alpha value is -0.490. The maximum absolute atomic E-state index is 5.61. The van der Waals surface area contributed by atoms with Crippen molar-refractivity contribution in [2.75, 3.05) is 0 Å². The van der Waals surface area contributed by atoms with Crippen LogP contribution < -0.4 is 0 Å². The maximum atomic E-state index is 5.61. The minimum Gasteiger partial charge on any atom is -0.0927 e. The van der Waals surface area contributed by atoms with E-state index in [0.29, 0.717) is 0 Å². The lowest BCUT2D eigenvalue weighted by atomic mass is 10.1. The molecular weight excluding hydrogens is 180 g/mol. The molecule has 0 aliphatic rings. The molecule has 0 spiro atoms. The van der Waals surface area contributed by atoms with Gasteiger partial charge in [-0.15, -0.1) is 0 Å². The number of halogens is 1. The number of hydrogen-bond donors (Lipinski definition) is 0. The first-order valence-electron chi connectivity index (χ1n) is 4.82. The quantitative estimate of drug-likeness (QED) is 0.439. The lowest BCUT2D eigenvalue weighted by Crippen LogP contribution is -1.75. The van der Waals surface area contributed by atoms with Crippen LogP contribution in [0.5, 0.6) is 0 Å². The third-order valence-electron chi connectivity index (χ3n) is 2.08. The maximum Gasteiger partial charge on any atom is 0.00743 e. The van der Waals surface area contributed by atoms with Crippen LogP contribution in [0.3, 0.4) is 0 Å². The fourth-order valence-corrected chi connectivity index (χ4v) is 1.15. The van der Waals surface area contributed by atoms with Crippen LogP contribution in [0.4, 0.5) is 0 Å². The highest BCUT2D eigenvalue weighted by molar-refractivity contribution is 6.25. The van der Waals surface area contributed by atoms with Crippen molar-refractivity contribution in [1.82, 2.24) is 0 Å². The minimum atomic E-state index is 1.00. The predicted molar refractivity (Wildman–Crippen MR) is 62.0 cm³/mol. The Labute approximate surface area is 87.0 Å². The molecule has 74 valence electrons. The Kier molecular flexibility index (Phi) is 7.82. The topological polar surface area (TPSA) is 0 Å². The highest BCUT2D eigenvalue weighted by Crippen LogP contribution is 2.08. The van der Waals surface area contributed by atoms with Gasteiger partial charge in [0.15, 0.2) is 0 Å². The van der Waals surface area contributed by atoms with Gasteiger partial charge in [0, 0.05) is 5.54 Å². The summed E-state index contributed by atoms with van der Waals surface area (Å²) in [4.78, 5) is 0. The van der Waals surface area contributed by atoms with Crippen LogP contribution in [-0.4, -0.2) is 0 Å². The Morgan fingerprint density at radius 1 is 1.38 bits per heavy atom. The molecule has 0 N–H and O–H groups in total. The summed E-state index contributed by atoms with van der Waals surface area (Å²) in [7, 11) is 0. The molecule has 0 heterocycles. The minimum absolute atomic E-state index is 1.00. The van der Waals surface area contributed by atoms with Gasteiger partial charge in [-0.1, -0.05) is 42.3 Å². The van der Waals surface area contributed by atoms with Crippen molar-refractivity contribution in [1.29, 1.82) is 0 Å². The molecular formula is C12H19Cl. The highest BCUT2D eigenvalue weighted by atomic mass is 35.5. The summed E-state index contributed by atoms with van der Waals surface area (Å²) in [5.74, 6) is 0. The van der Waals surface area contributed by atoms with E-state index in [1.54, 1.807) is 5.54 Å². The average Bonchev–Trinajstić information content (AvgIpc) is 2.18. The molecule has 0 radical (unpaired) electrons. The first-order valence-corrected chi connectivity index (χ1v) is 5.25. The van der Waals surface area contributed by atoms with Crippen LogP contribution in [-0.2, 0) is 0 Å². The number of rotatable bonds is 5. The molecule has 0 fully saturated rings. The zero-order valence-corrected chi connectivity index (χ0v) is 9.56. The summed E-state index contributed by atoms with van der Waals surface area (Å²) in [6.07, 6.45) is 9.70. The molecule has 0 aliphatic heterocycles. The Morgan fingerprint density at radius 3 is 2.54 bits per heavy atom. The van der Waals surface area contributed by atoms with Gasteiger partial charge < -0.3 is 0 Å².